The Morgan fingerprint density at radius 3 is 2.45 bits per heavy atom. The second kappa shape index (κ2) is 5.75. The molecule has 0 bridgehead atoms. The molecule has 2 nitrogen and oxygen atoms in total. The number of benzene rings is 2. The Bertz CT molecular complexity index is 614. The van der Waals surface area contributed by atoms with Crippen molar-refractivity contribution >= 4 is 21.6 Å². The van der Waals surface area contributed by atoms with Crippen LogP contribution in [-0.4, -0.2) is 0 Å². The van der Waals surface area contributed by atoms with E-state index in [4.69, 9.17) is 10.5 Å². The van der Waals surface area contributed by atoms with Gasteiger partial charge in [0.25, 0.3) is 0 Å². The van der Waals surface area contributed by atoms with Crippen LogP contribution in [0.15, 0.2) is 46.9 Å². The smallest absolute Gasteiger partial charge is 0.416 e. The molecule has 2 aromatic carbocycles. The summed E-state index contributed by atoms with van der Waals surface area (Å²) in [5.41, 5.74) is 5.65. The summed E-state index contributed by atoms with van der Waals surface area (Å²) in [6, 6.07) is 10.5. The third-order valence-electron chi connectivity index (χ3n) is 2.62. The largest absolute Gasteiger partial charge is 0.487 e. The highest BCUT2D eigenvalue weighted by atomic mass is 79.9. The Kier molecular flexibility index (Phi) is 4.23. The molecular weight excluding hydrogens is 335 g/mol. The van der Waals surface area contributed by atoms with Crippen molar-refractivity contribution in [1.29, 1.82) is 0 Å². The first-order valence-electron chi connectivity index (χ1n) is 5.70. The monoisotopic (exact) mass is 345 g/mol. The molecular formula is C14H11BrF3NO. The molecule has 0 spiro atoms. The predicted molar refractivity (Wildman–Crippen MR) is 74.3 cm³/mol. The van der Waals surface area contributed by atoms with Crippen LogP contribution in [0.5, 0.6) is 5.75 Å². The molecule has 0 aliphatic rings. The lowest BCUT2D eigenvalue weighted by atomic mass is 10.2. The second-order valence-electron chi connectivity index (χ2n) is 4.17. The molecule has 106 valence electrons. The number of rotatable bonds is 3. The van der Waals surface area contributed by atoms with Crippen molar-refractivity contribution in [3.05, 3.63) is 58.1 Å². The number of hydrogen-bond acceptors (Lipinski definition) is 2. The van der Waals surface area contributed by atoms with Gasteiger partial charge in [0.1, 0.15) is 12.4 Å². The highest BCUT2D eigenvalue weighted by molar-refractivity contribution is 9.10. The summed E-state index contributed by atoms with van der Waals surface area (Å²) in [4.78, 5) is 0. The van der Waals surface area contributed by atoms with Crippen molar-refractivity contribution in [1.82, 2.24) is 0 Å². The fourth-order valence-corrected chi connectivity index (χ4v) is 2.09. The topological polar surface area (TPSA) is 35.2 Å². The summed E-state index contributed by atoms with van der Waals surface area (Å²) >= 11 is 3.33. The van der Waals surface area contributed by atoms with Crippen LogP contribution in [-0.2, 0) is 12.8 Å². The van der Waals surface area contributed by atoms with Crippen LogP contribution < -0.4 is 10.5 Å². The van der Waals surface area contributed by atoms with E-state index in [0.29, 0.717) is 0 Å². The van der Waals surface area contributed by atoms with Crippen molar-refractivity contribution in [3.8, 4) is 5.75 Å². The van der Waals surface area contributed by atoms with E-state index in [1.54, 1.807) is 0 Å². The summed E-state index contributed by atoms with van der Waals surface area (Å²) in [6.07, 6.45) is -4.41. The van der Waals surface area contributed by atoms with Gasteiger partial charge in [-0.2, -0.15) is 13.2 Å². The molecule has 0 atom stereocenters. The van der Waals surface area contributed by atoms with Crippen molar-refractivity contribution < 1.29 is 17.9 Å². The molecule has 2 aromatic rings. The highest BCUT2D eigenvalue weighted by Gasteiger charge is 2.30. The van der Waals surface area contributed by atoms with Gasteiger partial charge in [0.05, 0.1) is 11.3 Å². The van der Waals surface area contributed by atoms with Gasteiger partial charge in [-0.1, -0.05) is 28.1 Å². The fourth-order valence-electron chi connectivity index (χ4n) is 1.64. The lowest BCUT2D eigenvalue weighted by Crippen LogP contribution is -2.06. The highest BCUT2D eigenvalue weighted by Crippen LogP contribution is 2.33. The zero-order valence-corrected chi connectivity index (χ0v) is 11.8. The second-order valence-corrected chi connectivity index (χ2v) is 5.08. The van der Waals surface area contributed by atoms with Crippen LogP contribution in [0.2, 0.25) is 0 Å². The van der Waals surface area contributed by atoms with Gasteiger partial charge >= 0.3 is 6.18 Å². The average Bonchev–Trinajstić information content (AvgIpc) is 2.36. The van der Waals surface area contributed by atoms with Gasteiger partial charge in [-0.05, 0) is 35.9 Å². The summed E-state index contributed by atoms with van der Waals surface area (Å²) < 4.78 is 43.8. The zero-order valence-electron chi connectivity index (χ0n) is 10.2. The normalized spacial score (nSPS) is 11.4. The van der Waals surface area contributed by atoms with E-state index >= 15 is 0 Å². The van der Waals surface area contributed by atoms with Gasteiger partial charge in [0.2, 0.25) is 0 Å². The Balaban J connectivity index is 2.11. The van der Waals surface area contributed by atoms with Gasteiger partial charge in [-0.15, -0.1) is 0 Å². The van der Waals surface area contributed by atoms with Crippen LogP contribution in [0.3, 0.4) is 0 Å². The summed E-state index contributed by atoms with van der Waals surface area (Å²) in [6.45, 7) is 0.231. The van der Waals surface area contributed by atoms with Crippen molar-refractivity contribution in [2.45, 2.75) is 12.8 Å². The third kappa shape index (κ3) is 3.66. The Morgan fingerprint density at radius 2 is 1.85 bits per heavy atom. The van der Waals surface area contributed by atoms with Crippen molar-refractivity contribution in [2.75, 3.05) is 5.73 Å². The van der Waals surface area contributed by atoms with Crippen LogP contribution in [0.1, 0.15) is 11.1 Å². The predicted octanol–water partition coefficient (Wildman–Crippen LogP) is 4.63. The molecule has 0 amide bonds. The molecule has 0 radical (unpaired) electrons. The van der Waals surface area contributed by atoms with E-state index in [0.717, 1.165) is 22.2 Å². The Hall–Kier alpha value is -1.69. The van der Waals surface area contributed by atoms with Crippen LogP contribution in [0.4, 0.5) is 18.9 Å². The van der Waals surface area contributed by atoms with Crippen LogP contribution >= 0.6 is 15.9 Å². The molecule has 0 fully saturated rings. The quantitative estimate of drug-likeness (QED) is 0.823. The lowest BCUT2D eigenvalue weighted by Gasteiger charge is -2.12. The molecule has 0 heterocycles. The lowest BCUT2D eigenvalue weighted by molar-refractivity contribution is -0.137. The molecule has 0 unspecified atom stereocenters. The van der Waals surface area contributed by atoms with Crippen molar-refractivity contribution in [3.63, 3.8) is 0 Å². The number of halogens is 4. The molecule has 0 saturated heterocycles. The van der Waals surface area contributed by atoms with Crippen molar-refractivity contribution in [2.24, 2.45) is 0 Å². The van der Waals surface area contributed by atoms with Crippen LogP contribution in [0.25, 0.3) is 0 Å². The zero-order chi connectivity index (χ0) is 14.8. The van der Waals surface area contributed by atoms with E-state index in [9.17, 15) is 13.2 Å². The van der Waals surface area contributed by atoms with Gasteiger partial charge < -0.3 is 10.5 Å². The molecule has 0 aromatic heterocycles. The SMILES string of the molecule is Nc1cc(C(F)(F)F)ccc1OCc1cccc(Br)c1. The molecule has 2 N–H and O–H groups in total. The minimum atomic E-state index is -4.41. The van der Waals surface area contributed by atoms with E-state index < -0.39 is 11.7 Å². The van der Waals surface area contributed by atoms with Crippen LogP contribution in [0, 0.1) is 0 Å². The van der Waals surface area contributed by atoms with E-state index in [1.807, 2.05) is 24.3 Å². The number of ether oxygens (including phenoxy) is 1. The molecule has 6 heteroatoms. The first-order chi connectivity index (χ1) is 9.36. The maximum atomic E-state index is 12.5. The Morgan fingerprint density at radius 1 is 1.10 bits per heavy atom. The number of nitrogen functional groups attached to an aromatic ring is 1. The molecule has 0 aliphatic heterocycles. The number of hydrogen-bond donors (Lipinski definition) is 1. The minimum Gasteiger partial charge on any atom is -0.487 e. The van der Waals surface area contributed by atoms with E-state index in [1.165, 1.54) is 6.07 Å². The van der Waals surface area contributed by atoms with Gasteiger partial charge in [0.15, 0.2) is 0 Å². The summed E-state index contributed by atoms with van der Waals surface area (Å²) in [7, 11) is 0. The molecule has 2 rings (SSSR count). The molecule has 0 aliphatic carbocycles. The average molecular weight is 346 g/mol. The van der Waals surface area contributed by atoms with E-state index in [2.05, 4.69) is 15.9 Å². The maximum absolute atomic E-state index is 12.5. The van der Waals surface area contributed by atoms with Gasteiger partial charge in [-0.3, -0.25) is 0 Å². The minimum absolute atomic E-state index is 0.0326. The number of alkyl halides is 3. The maximum Gasteiger partial charge on any atom is 0.416 e. The standard InChI is InChI=1S/C14H11BrF3NO/c15-11-3-1-2-9(6-11)8-20-13-5-4-10(7-12(13)19)14(16,17)18/h1-7H,8,19H2. The van der Waals surface area contributed by atoms with Gasteiger partial charge in [-0.25, -0.2) is 0 Å². The van der Waals surface area contributed by atoms with E-state index in [-0.39, 0.29) is 18.0 Å². The summed E-state index contributed by atoms with van der Waals surface area (Å²) in [5, 5.41) is 0. The summed E-state index contributed by atoms with van der Waals surface area (Å²) in [5.74, 6) is 0.234. The number of anilines is 1. The first kappa shape index (κ1) is 14.7. The first-order valence-corrected chi connectivity index (χ1v) is 6.49. The van der Waals surface area contributed by atoms with Gasteiger partial charge in [0, 0.05) is 4.47 Å². The fraction of sp³-hybridized carbons (Fsp3) is 0.143. The molecule has 20 heavy (non-hydrogen) atoms. The third-order valence-corrected chi connectivity index (χ3v) is 3.11. The number of nitrogens with two attached hydrogens (primary N) is 1. The molecule has 0 saturated carbocycles. The Labute approximate surface area is 122 Å².